The number of amides is 3. The van der Waals surface area contributed by atoms with Crippen LogP contribution in [-0.4, -0.2) is 17.7 Å². The van der Waals surface area contributed by atoms with Crippen LogP contribution in [0.1, 0.15) is 37.5 Å². The van der Waals surface area contributed by atoms with Gasteiger partial charge in [-0.2, -0.15) is 0 Å². The van der Waals surface area contributed by atoms with E-state index in [0.717, 1.165) is 22.4 Å². The highest BCUT2D eigenvalue weighted by Crippen LogP contribution is 2.26. The number of anilines is 3. The number of benzene rings is 2. The lowest BCUT2D eigenvalue weighted by Gasteiger charge is -2.24. The maximum absolute atomic E-state index is 12.8. The number of nitrogens with one attached hydrogen (secondary N) is 3. The lowest BCUT2D eigenvalue weighted by atomic mass is 9.90. The summed E-state index contributed by atoms with van der Waals surface area (Å²) < 4.78 is 0. The highest BCUT2D eigenvalue weighted by atomic mass is 16.2. The maximum Gasteiger partial charge on any atom is 0.239 e. The first-order valence-corrected chi connectivity index (χ1v) is 9.09. The summed E-state index contributed by atoms with van der Waals surface area (Å²) >= 11 is 0. The number of hydrogen-bond donors (Lipinski definition) is 3. The summed E-state index contributed by atoms with van der Waals surface area (Å²) in [4.78, 5) is 36.6. The fourth-order valence-electron chi connectivity index (χ4n) is 2.88. The average Bonchev–Trinajstić information content (AvgIpc) is 2.58. The van der Waals surface area contributed by atoms with Crippen molar-refractivity contribution in [1.29, 1.82) is 0 Å². The Morgan fingerprint density at radius 3 is 1.64 bits per heavy atom. The molecule has 0 unspecified atom stereocenters. The number of carbonyl (C=O) groups is 3. The largest absolute Gasteiger partial charge is 0.326 e. The second kappa shape index (κ2) is 8.25. The van der Waals surface area contributed by atoms with Crippen molar-refractivity contribution >= 4 is 34.8 Å². The van der Waals surface area contributed by atoms with Gasteiger partial charge in [-0.25, -0.2) is 0 Å². The van der Waals surface area contributed by atoms with Gasteiger partial charge in [0, 0.05) is 24.0 Å². The second-order valence-electron chi connectivity index (χ2n) is 7.57. The number of aryl methyl sites for hydroxylation is 3. The Morgan fingerprint density at radius 1 is 0.750 bits per heavy atom. The molecule has 0 aromatic heterocycles. The molecule has 0 saturated carbocycles. The molecule has 2 aromatic rings. The van der Waals surface area contributed by atoms with Gasteiger partial charge in [-0.3, -0.25) is 14.4 Å². The van der Waals surface area contributed by atoms with Gasteiger partial charge < -0.3 is 16.0 Å². The molecule has 28 heavy (non-hydrogen) atoms. The van der Waals surface area contributed by atoms with Gasteiger partial charge in [0.1, 0.15) is 5.41 Å². The Labute approximate surface area is 165 Å². The van der Waals surface area contributed by atoms with Crippen LogP contribution >= 0.6 is 0 Å². The molecule has 0 spiro atoms. The quantitative estimate of drug-likeness (QED) is 0.679. The van der Waals surface area contributed by atoms with E-state index in [2.05, 4.69) is 16.0 Å². The Morgan fingerprint density at radius 2 is 1.18 bits per heavy atom. The van der Waals surface area contributed by atoms with Crippen LogP contribution in [0.2, 0.25) is 0 Å². The molecule has 0 saturated heterocycles. The van der Waals surface area contributed by atoms with Crippen molar-refractivity contribution in [2.24, 2.45) is 5.41 Å². The van der Waals surface area contributed by atoms with Crippen LogP contribution < -0.4 is 16.0 Å². The van der Waals surface area contributed by atoms with E-state index in [-0.39, 0.29) is 11.8 Å². The molecule has 3 amide bonds. The number of rotatable bonds is 5. The van der Waals surface area contributed by atoms with Crippen LogP contribution in [0.15, 0.2) is 36.4 Å². The van der Waals surface area contributed by atoms with E-state index in [0.29, 0.717) is 11.4 Å². The van der Waals surface area contributed by atoms with E-state index in [9.17, 15) is 14.4 Å². The number of carbonyl (C=O) groups excluding carboxylic acids is 3. The summed E-state index contributed by atoms with van der Waals surface area (Å²) in [7, 11) is 0. The van der Waals surface area contributed by atoms with E-state index in [1.165, 1.54) is 6.92 Å². The third-order valence-corrected chi connectivity index (χ3v) is 4.51. The summed E-state index contributed by atoms with van der Waals surface area (Å²) in [5, 5.41) is 8.31. The summed E-state index contributed by atoms with van der Waals surface area (Å²) in [6.07, 6.45) is 0. The zero-order valence-electron chi connectivity index (χ0n) is 17.2. The Hall–Kier alpha value is -3.15. The van der Waals surface area contributed by atoms with Gasteiger partial charge >= 0.3 is 0 Å². The Kier molecular flexibility index (Phi) is 6.23. The summed E-state index contributed by atoms with van der Waals surface area (Å²) in [5.74, 6) is -0.967. The minimum absolute atomic E-state index is 0.170. The predicted octanol–water partition coefficient (Wildman–Crippen LogP) is 4.17. The van der Waals surface area contributed by atoms with Crippen LogP contribution in [-0.2, 0) is 14.4 Å². The fraction of sp³-hybridized carbons (Fsp3) is 0.318. The van der Waals surface area contributed by atoms with Crippen LogP contribution in [0.4, 0.5) is 17.1 Å². The zero-order chi connectivity index (χ0) is 21.1. The van der Waals surface area contributed by atoms with Crippen LogP contribution in [0.25, 0.3) is 0 Å². The standard InChI is InChI=1S/C22H27N3O3/c1-13-11-14(2)19(15(3)12-13)25-21(28)22(5,6)20(27)24-18-9-7-17(8-10-18)23-16(4)26/h7-12H,1-6H3,(H,23,26)(H,24,27)(H,25,28). The topological polar surface area (TPSA) is 87.3 Å². The van der Waals surface area contributed by atoms with Crippen molar-refractivity contribution in [3.05, 3.63) is 53.1 Å². The normalized spacial score (nSPS) is 10.9. The molecule has 3 N–H and O–H groups in total. The Balaban J connectivity index is 2.11. The summed E-state index contributed by atoms with van der Waals surface area (Å²) in [5.41, 5.74) is 3.66. The highest BCUT2D eigenvalue weighted by molar-refractivity contribution is 6.14. The van der Waals surface area contributed by atoms with Crippen molar-refractivity contribution in [1.82, 2.24) is 0 Å². The van der Waals surface area contributed by atoms with Gasteiger partial charge in [0.2, 0.25) is 17.7 Å². The second-order valence-corrected chi connectivity index (χ2v) is 7.57. The van der Waals surface area contributed by atoms with Crippen LogP contribution in [0.5, 0.6) is 0 Å². The zero-order valence-corrected chi connectivity index (χ0v) is 17.2. The molecule has 0 bridgehead atoms. The van der Waals surface area contributed by atoms with Crippen molar-refractivity contribution in [3.8, 4) is 0 Å². The third kappa shape index (κ3) is 4.97. The molecular weight excluding hydrogens is 354 g/mol. The highest BCUT2D eigenvalue weighted by Gasteiger charge is 2.36. The summed E-state index contributed by atoms with van der Waals surface area (Å²) in [6.45, 7) is 10.5. The monoisotopic (exact) mass is 381 g/mol. The van der Waals surface area contributed by atoms with E-state index >= 15 is 0 Å². The maximum atomic E-state index is 12.8. The van der Waals surface area contributed by atoms with Crippen molar-refractivity contribution < 1.29 is 14.4 Å². The minimum atomic E-state index is -1.28. The van der Waals surface area contributed by atoms with Gasteiger partial charge in [0.25, 0.3) is 0 Å². The SMILES string of the molecule is CC(=O)Nc1ccc(NC(=O)C(C)(C)C(=O)Nc2c(C)cc(C)cc2C)cc1. The average molecular weight is 381 g/mol. The van der Waals surface area contributed by atoms with Crippen molar-refractivity contribution in [3.63, 3.8) is 0 Å². The smallest absolute Gasteiger partial charge is 0.239 e. The van der Waals surface area contributed by atoms with Crippen molar-refractivity contribution in [2.75, 3.05) is 16.0 Å². The van der Waals surface area contributed by atoms with E-state index in [1.54, 1.807) is 38.1 Å². The third-order valence-electron chi connectivity index (χ3n) is 4.51. The first kappa shape index (κ1) is 21.2. The minimum Gasteiger partial charge on any atom is -0.326 e. The lowest BCUT2D eigenvalue weighted by Crippen LogP contribution is -2.41. The fourth-order valence-corrected chi connectivity index (χ4v) is 2.88. The molecule has 0 aliphatic heterocycles. The first-order chi connectivity index (χ1) is 13.0. The van der Waals surface area contributed by atoms with Gasteiger partial charge in [-0.1, -0.05) is 17.7 Å². The van der Waals surface area contributed by atoms with Gasteiger partial charge in [0.05, 0.1) is 0 Å². The van der Waals surface area contributed by atoms with E-state index in [1.807, 2.05) is 32.9 Å². The first-order valence-electron chi connectivity index (χ1n) is 9.09. The van der Waals surface area contributed by atoms with Gasteiger partial charge in [-0.05, 0) is 70.0 Å². The molecule has 0 atom stereocenters. The van der Waals surface area contributed by atoms with E-state index in [4.69, 9.17) is 0 Å². The van der Waals surface area contributed by atoms with Crippen molar-refractivity contribution in [2.45, 2.75) is 41.5 Å². The van der Waals surface area contributed by atoms with Crippen LogP contribution in [0.3, 0.4) is 0 Å². The molecule has 0 fully saturated rings. The molecule has 0 radical (unpaired) electrons. The molecule has 0 aliphatic rings. The lowest BCUT2D eigenvalue weighted by molar-refractivity contribution is -0.135. The summed E-state index contributed by atoms with van der Waals surface area (Å²) in [6, 6.07) is 10.7. The molecular formula is C22H27N3O3. The van der Waals surface area contributed by atoms with Gasteiger partial charge in [-0.15, -0.1) is 0 Å². The van der Waals surface area contributed by atoms with E-state index < -0.39 is 11.3 Å². The molecule has 0 heterocycles. The number of hydrogen-bond acceptors (Lipinski definition) is 3. The molecule has 2 aromatic carbocycles. The molecule has 2 rings (SSSR count). The van der Waals surface area contributed by atoms with Crippen LogP contribution in [0, 0.1) is 26.2 Å². The molecule has 6 nitrogen and oxygen atoms in total. The predicted molar refractivity (Wildman–Crippen MR) is 112 cm³/mol. The Bertz CT molecular complexity index is 892. The van der Waals surface area contributed by atoms with Gasteiger partial charge in [0.15, 0.2) is 0 Å². The molecule has 6 heteroatoms. The molecule has 148 valence electrons. The molecule has 0 aliphatic carbocycles.